The van der Waals surface area contributed by atoms with Gasteiger partial charge in [0.05, 0.1) is 11.2 Å². The molecule has 2 N–H and O–H groups in total. The van der Waals surface area contributed by atoms with Gasteiger partial charge in [0.15, 0.2) is 5.82 Å². The molecule has 8 nitrogen and oxygen atoms in total. The number of nitriles is 1. The van der Waals surface area contributed by atoms with Crippen molar-refractivity contribution in [2.24, 2.45) is 4.99 Å². The van der Waals surface area contributed by atoms with Crippen LogP contribution in [0.4, 0.5) is 5.95 Å². The molecule has 0 amide bonds. The highest BCUT2D eigenvalue weighted by molar-refractivity contribution is 5.79. The second-order valence-corrected chi connectivity index (χ2v) is 6.93. The van der Waals surface area contributed by atoms with E-state index in [0.717, 1.165) is 16.6 Å². The Morgan fingerprint density at radius 3 is 2.73 bits per heavy atom. The Morgan fingerprint density at radius 1 is 1.07 bits per heavy atom. The summed E-state index contributed by atoms with van der Waals surface area (Å²) in [6.45, 7) is 0. The molecule has 144 valence electrons. The zero-order valence-electron chi connectivity index (χ0n) is 15.8. The summed E-state index contributed by atoms with van der Waals surface area (Å²) in [5.41, 5.74) is 7.56. The summed E-state index contributed by atoms with van der Waals surface area (Å²) in [4.78, 5) is 18.1. The summed E-state index contributed by atoms with van der Waals surface area (Å²) >= 11 is 0. The van der Waals surface area contributed by atoms with E-state index in [1.54, 1.807) is 24.7 Å². The summed E-state index contributed by atoms with van der Waals surface area (Å²) in [6.07, 6.45) is 9.20. The number of allylic oxidation sites excluding steroid dienone is 1. The number of aromatic nitrogens is 5. The third-order valence-electron chi connectivity index (χ3n) is 5.02. The Morgan fingerprint density at radius 2 is 1.97 bits per heavy atom. The van der Waals surface area contributed by atoms with Crippen LogP contribution in [0.1, 0.15) is 17.0 Å². The maximum Gasteiger partial charge on any atom is 0.222 e. The molecule has 0 saturated heterocycles. The number of aliphatic imine (C=N–C) groups is 1. The van der Waals surface area contributed by atoms with Gasteiger partial charge >= 0.3 is 0 Å². The van der Waals surface area contributed by atoms with Crippen molar-refractivity contribution in [3.8, 4) is 11.9 Å². The molecular formula is C22H16N8. The van der Waals surface area contributed by atoms with Crippen LogP contribution in [0.25, 0.3) is 16.7 Å². The molecule has 3 aromatic heterocycles. The van der Waals surface area contributed by atoms with Crippen molar-refractivity contribution in [1.29, 1.82) is 5.26 Å². The lowest BCUT2D eigenvalue weighted by molar-refractivity contribution is 0.543. The number of para-hydroxylation sites is 1. The Hall–Kier alpha value is -4.38. The van der Waals surface area contributed by atoms with E-state index in [9.17, 15) is 5.26 Å². The standard InChI is InChI=1S/C22H16N8/c23-14-17-19(28-21(24)29-20(17)30-12-4-11-26-30)22(9-3-10-25-22)13-16-8-7-15-5-1-2-6-18(15)27-16/h1-12H,13H2,(H2,24,28,29). The van der Waals surface area contributed by atoms with Gasteiger partial charge in [-0.3, -0.25) is 9.98 Å². The molecule has 1 atom stereocenters. The van der Waals surface area contributed by atoms with Crippen molar-refractivity contribution >= 4 is 23.1 Å². The molecule has 4 aromatic rings. The fraction of sp³-hybridized carbons (Fsp3) is 0.0909. The van der Waals surface area contributed by atoms with E-state index >= 15 is 0 Å². The zero-order chi connectivity index (χ0) is 20.6. The maximum absolute atomic E-state index is 9.97. The van der Waals surface area contributed by atoms with Gasteiger partial charge < -0.3 is 5.73 Å². The normalized spacial score (nSPS) is 17.4. The lowest BCUT2D eigenvalue weighted by atomic mass is 9.87. The van der Waals surface area contributed by atoms with E-state index in [4.69, 9.17) is 10.7 Å². The second-order valence-electron chi connectivity index (χ2n) is 6.93. The number of hydrogen-bond donors (Lipinski definition) is 1. The van der Waals surface area contributed by atoms with E-state index in [1.165, 1.54) is 4.68 Å². The third-order valence-corrected chi connectivity index (χ3v) is 5.02. The summed E-state index contributed by atoms with van der Waals surface area (Å²) in [7, 11) is 0. The minimum absolute atomic E-state index is 0.0517. The number of nitrogen functional groups attached to an aromatic ring is 1. The molecular weight excluding hydrogens is 376 g/mol. The van der Waals surface area contributed by atoms with E-state index in [2.05, 4.69) is 26.1 Å². The van der Waals surface area contributed by atoms with Crippen molar-refractivity contribution in [2.75, 3.05) is 5.73 Å². The fourth-order valence-corrected chi connectivity index (χ4v) is 3.67. The van der Waals surface area contributed by atoms with Crippen LogP contribution in [-0.2, 0) is 12.0 Å². The number of nitrogens with two attached hydrogens (primary N) is 1. The minimum Gasteiger partial charge on any atom is -0.368 e. The molecule has 0 radical (unpaired) electrons. The Balaban J connectivity index is 1.67. The number of nitrogens with zero attached hydrogens (tertiary/aromatic N) is 7. The van der Waals surface area contributed by atoms with Crippen LogP contribution in [0.15, 0.2) is 72.0 Å². The average Bonchev–Trinajstić information content (AvgIpc) is 3.46. The molecule has 1 aliphatic heterocycles. The highest BCUT2D eigenvalue weighted by Gasteiger charge is 2.37. The quantitative estimate of drug-likeness (QED) is 0.570. The highest BCUT2D eigenvalue weighted by Crippen LogP contribution is 2.36. The molecule has 1 aromatic carbocycles. The summed E-state index contributed by atoms with van der Waals surface area (Å²) in [6, 6.07) is 15.9. The van der Waals surface area contributed by atoms with Crippen LogP contribution in [-0.4, -0.2) is 30.9 Å². The Labute approximate surface area is 172 Å². The van der Waals surface area contributed by atoms with Crippen molar-refractivity contribution < 1.29 is 0 Å². The first-order chi connectivity index (χ1) is 14.7. The molecule has 5 rings (SSSR count). The Bertz CT molecular complexity index is 1330. The monoisotopic (exact) mass is 392 g/mol. The Kier molecular flexibility index (Phi) is 4.07. The largest absolute Gasteiger partial charge is 0.368 e. The van der Waals surface area contributed by atoms with Gasteiger partial charge in [0.2, 0.25) is 5.95 Å². The minimum atomic E-state index is -0.903. The van der Waals surface area contributed by atoms with Crippen LogP contribution in [0.5, 0.6) is 0 Å². The lowest BCUT2D eigenvalue weighted by Gasteiger charge is -2.25. The fourth-order valence-electron chi connectivity index (χ4n) is 3.67. The van der Waals surface area contributed by atoms with E-state index in [1.807, 2.05) is 48.6 Å². The van der Waals surface area contributed by atoms with Gasteiger partial charge in [-0.15, -0.1) is 0 Å². The number of pyridine rings is 1. The molecule has 1 unspecified atom stereocenters. The number of rotatable bonds is 4. The second kappa shape index (κ2) is 6.90. The molecule has 0 bridgehead atoms. The number of benzene rings is 1. The molecule has 0 saturated carbocycles. The smallest absolute Gasteiger partial charge is 0.222 e. The molecule has 0 fully saturated rings. The van der Waals surface area contributed by atoms with Crippen molar-refractivity contribution in [1.82, 2.24) is 24.7 Å². The van der Waals surface area contributed by atoms with E-state index < -0.39 is 5.54 Å². The predicted molar refractivity (Wildman–Crippen MR) is 113 cm³/mol. The molecule has 0 aliphatic carbocycles. The molecule has 0 spiro atoms. The van der Waals surface area contributed by atoms with E-state index in [-0.39, 0.29) is 11.5 Å². The van der Waals surface area contributed by atoms with Gasteiger partial charge in [0.25, 0.3) is 0 Å². The number of hydrogen-bond acceptors (Lipinski definition) is 7. The summed E-state index contributed by atoms with van der Waals surface area (Å²) in [5.74, 6) is 0.377. The molecule has 8 heteroatoms. The number of anilines is 1. The first-order valence-electron chi connectivity index (χ1n) is 9.34. The first kappa shape index (κ1) is 17.7. The average molecular weight is 392 g/mol. The van der Waals surface area contributed by atoms with Crippen LogP contribution in [0, 0.1) is 11.3 Å². The molecule has 4 heterocycles. The third kappa shape index (κ3) is 2.89. The predicted octanol–water partition coefficient (Wildman–Crippen LogP) is 2.74. The topological polar surface area (TPSA) is 119 Å². The van der Waals surface area contributed by atoms with Gasteiger partial charge in [-0.2, -0.15) is 15.3 Å². The molecule has 30 heavy (non-hydrogen) atoms. The van der Waals surface area contributed by atoms with Crippen molar-refractivity contribution in [3.63, 3.8) is 0 Å². The molecule has 1 aliphatic rings. The van der Waals surface area contributed by atoms with Crippen molar-refractivity contribution in [2.45, 2.75) is 12.0 Å². The lowest BCUT2D eigenvalue weighted by Crippen LogP contribution is -2.28. The summed E-state index contributed by atoms with van der Waals surface area (Å²) < 4.78 is 1.50. The van der Waals surface area contributed by atoms with E-state index in [0.29, 0.717) is 17.9 Å². The van der Waals surface area contributed by atoms with Crippen molar-refractivity contribution in [3.05, 3.63) is 84.0 Å². The van der Waals surface area contributed by atoms with Gasteiger partial charge in [-0.1, -0.05) is 24.3 Å². The SMILES string of the molecule is N#Cc1c(-n2cccn2)nc(N)nc1C1(Cc2ccc3ccccc3n2)C=CC=N1. The van der Waals surface area contributed by atoms with Crippen LogP contribution >= 0.6 is 0 Å². The van der Waals surface area contributed by atoms with Gasteiger partial charge in [0.1, 0.15) is 17.2 Å². The van der Waals surface area contributed by atoms with Crippen LogP contribution in [0.3, 0.4) is 0 Å². The van der Waals surface area contributed by atoms with Gasteiger partial charge in [-0.25, -0.2) is 9.67 Å². The number of fused-ring (bicyclic) bond motifs is 1. The van der Waals surface area contributed by atoms with Crippen LogP contribution in [0.2, 0.25) is 0 Å². The van der Waals surface area contributed by atoms with Crippen LogP contribution < -0.4 is 5.73 Å². The van der Waals surface area contributed by atoms with Gasteiger partial charge in [-0.05, 0) is 30.4 Å². The summed E-state index contributed by atoms with van der Waals surface area (Å²) in [5, 5.41) is 15.2. The van der Waals surface area contributed by atoms with Gasteiger partial charge in [0, 0.05) is 36.1 Å². The highest BCUT2D eigenvalue weighted by atomic mass is 15.3. The maximum atomic E-state index is 9.97. The zero-order valence-corrected chi connectivity index (χ0v) is 15.8. The first-order valence-corrected chi connectivity index (χ1v) is 9.34.